The lowest BCUT2D eigenvalue weighted by Crippen LogP contribution is -2.33. The van der Waals surface area contributed by atoms with Crippen LogP contribution < -0.4 is 15.4 Å². The van der Waals surface area contributed by atoms with Crippen LogP contribution in [0.25, 0.3) is 10.4 Å². The molecule has 3 aromatic rings. The van der Waals surface area contributed by atoms with Crippen molar-refractivity contribution in [3.63, 3.8) is 0 Å². The molecule has 0 aliphatic carbocycles. The van der Waals surface area contributed by atoms with Crippen LogP contribution in [0.2, 0.25) is 0 Å². The summed E-state index contributed by atoms with van der Waals surface area (Å²) in [4.78, 5) is 19.2. The minimum atomic E-state index is -0.115. The summed E-state index contributed by atoms with van der Waals surface area (Å²) < 4.78 is 6.19. The second kappa shape index (κ2) is 7.84. The van der Waals surface area contributed by atoms with Crippen LogP contribution in [0.1, 0.15) is 6.92 Å². The van der Waals surface area contributed by atoms with Gasteiger partial charge in [-0.15, -0.1) is 11.3 Å². The number of fused-ring (bicyclic) bond motifs is 1. The Morgan fingerprint density at radius 2 is 2.07 bits per heavy atom. The molecular weight excluding hydrogens is 398 g/mol. The first kappa shape index (κ1) is 18.2. The number of thiazole rings is 1. The van der Waals surface area contributed by atoms with Gasteiger partial charge < -0.3 is 15.4 Å². The van der Waals surface area contributed by atoms with E-state index < -0.39 is 0 Å². The lowest BCUT2D eigenvalue weighted by atomic mass is 10.2. The molecule has 2 aromatic carbocycles. The maximum atomic E-state index is 11.2. The molecule has 0 radical (unpaired) electrons. The van der Waals surface area contributed by atoms with Crippen LogP contribution in [0.4, 0.5) is 5.69 Å². The summed E-state index contributed by atoms with van der Waals surface area (Å²) in [7, 11) is 1.66. The predicted molar refractivity (Wildman–Crippen MR) is 112 cm³/mol. The zero-order chi connectivity index (χ0) is 18.8. The normalized spacial score (nSPS) is 15.1. The van der Waals surface area contributed by atoms with Gasteiger partial charge in [0.05, 0.1) is 17.7 Å². The fourth-order valence-corrected chi connectivity index (χ4v) is 5.68. The summed E-state index contributed by atoms with van der Waals surface area (Å²) in [6.45, 7) is 1.52. The third kappa shape index (κ3) is 4.23. The van der Waals surface area contributed by atoms with Crippen LogP contribution in [-0.2, 0) is 4.79 Å². The minimum absolute atomic E-state index is 0.0457. The van der Waals surface area contributed by atoms with E-state index in [1.807, 2.05) is 30.5 Å². The number of anilines is 1. The van der Waals surface area contributed by atoms with Crippen molar-refractivity contribution >= 4 is 46.5 Å². The second-order valence-corrected chi connectivity index (χ2v) is 9.32. The first-order valence-electron chi connectivity index (χ1n) is 8.23. The molecular formula is C19H17N3O2S3. The monoisotopic (exact) mass is 415 g/mol. The Morgan fingerprint density at radius 1 is 1.26 bits per heavy atom. The van der Waals surface area contributed by atoms with E-state index in [0.29, 0.717) is 0 Å². The highest BCUT2D eigenvalue weighted by Gasteiger charge is 2.22. The van der Waals surface area contributed by atoms with Crippen molar-refractivity contribution in [2.45, 2.75) is 26.6 Å². The summed E-state index contributed by atoms with van der Waals surface area (Å²) >= 11 is 4.92. The zero-order valence-electron chi connectivity index (χ0n) is 14.7. The largest absolute Gasteiger partial charge is 0.497 e. The van der Waals surface area contributed by atoms with Crippen molar-refractivity contribution in [3.8, 4) is 16.2 Å². The van der Waals surface area contributed by atoms with Gasteiger partial charge >= 0.3 is 0 Å². The highest BCUT2D eigenvalue weighted by molar-refractivity contribution is 8.01. The molecule has 5 nitrogen and oxygen atoms in total. The van der Waals surface area contributed by atoms with Gasteiger partial charge in [-0.05, 0) is 42.0 Å². The van der Waals surface area contributed by atoms with Gasteiger partial charge in [-0.3, -0.25) is 4.79 Å². The van der Waals surface area contributed by atoms with Gasteiger partial charge in [0.2, 0.25) is 5.91 Å². The molecule has 1 amide bonds. The van der Waals surface area contributed by atoms with Gasteiger partial charge in [-0.25, -0.2) is 4.98 Å². The fraction of sp³-hybridized carbons (Fsp3) is 0.158. The number of amides is 1. The SMILES string of the molecule is COc1ccc(Sc2ncc(-c3ccc4c(c3)SC(NC(C)=O)N4)s2)cc1. The third-order valence-corrected chi connectivity index (χ3v) is 7.07. The summed E-state index contributed by atoms with van der Waals surface area (Å²) in [5.41, 5.74) is 2.06. The minimum Gasteiger partial charge on any atom is -0.497 e. The van der Waals surface area contributed by atoms with Crippen molar-refractivity contribution in [1.82, 2.24) is 10.3 Å². The Bertz CT molecular complexity index is 973. The van der Waals surface area contributed by atoms with Crippen LogP contribution in [0, 0.1) is 0 Å². The highest BCUT2D eigenvalue weighted by Crippen LogP contribution is 2.42. The predicted octanol–water partition coefficient (Wildman–Crippen LogP) is 4.91. The average Bonchev–Trinajstić information content (AvgIpc) is 3.27. The van der Waals surface area contributed by atoms with Crippen molar-refractivity contribution in [2.24, 2.45) is 0 Å². The fourth-order valence-electron chi connectivity index (χ4n) is 2.62. The molecule has 4 rings (SSSR count). The second-order valence-electron chi connectivity index (χ2n) is 5.82. The highest BCUT2D eigenvalue weighted by atomic mass is 32.2. The molecule has 8 heteroatoms. The number of hydrogen-bond donors (Lipinski definition) is 2. The van der Waals surface area contributed by atoms with Crippen molar-refractivity contribution in [2.75, 3.05) is 12.4 Å². The molecule has 1 unspecified atom stereocenters. The lowest BCUT2D eigenvalue weighted by molar-refractivity contribution is -0.119. The molecule has 1 aliphatic rings. The Labute approximate surface area is 169 Å². The average molecular weight is 416 g/mol. The van der Waals surface area contributed by atoms with Crippen LogP contribution in [0.3, 0.4) is 0 Å². The maximum Gasteiger partial charge on any atom is 0.219 e. The molecule has 1 atom stereocenters. The molecule has 2 heterocycles. The molecule has 0 spiro atoms. The van der Waals surface area contributed by atoms with Crippen LogP contribution >= 0.6 is 34.9 Å². The number of carbonyl (C=O) groups is 1. The zero-order valence-corrected chi connectivity index (χ0v) is 17.1. The van der Waals surface area contributed by atoms with Crippen molar-refractivity contribution < 1.29 is 9.53 Å². The number of carbonyl (C=O) groups excluding carboxylic acids is 1. The van der Waals surface area contributed by atoms with E-state index in [1.165, 1.54) is 6.92 Å². The van der Waals surface area contributed by atoms with Gasteiger partial charge in [-0.1, -0.05) is 29.6 Å². The van der Waals surface area contributed by atoms with E-state index in [1.54, 1.807) is 42.0 Å². The summed E-state index contributed by atoms with van der Waals surface area (Å²) in [6.07, 6.45) is 1.91. The molecule has 1 aromatic heterocycles. The molecule has 0 saturated heterocycles. The quantitative estimate of drug-likeness (QED) is 0.618. The van der Waals surface area contributed by atoms with Crippen LogP contribution in [-0.4, -0.2) is 23.5 Å². The summed E-state index contributed by atoms with van der Waals surface area (Å²) in [5.74, 6) is 0.802. The molecule has 138 valence electrons. The van der Waals surface area contributed by atoms with Crippen molar-refractivity contribution in [3.05, 3.63) is 48.7 Å². The summed E-state index contributed by atoms with van der Waals surface area (Å²) in [6, 6.07) is 14.2. The van der Waals surface area contributed by atoms with E-state index in [4.69, 9.17) is 4.74 Å². The van der Waals surface area contributed by atoms with E-state index >= 15 is 0 Å². The number of hydrogen-bond acceptors (Lipinski definition) is 7. The summed E-state index contributed by atoms with van der Waals surface area (Å²) in [5, 5.41) is 6.17. The molecule has 1 aliphatic heterocycles. The lowest BCUT2D eigenvalue weighted by Gasteiger charge is -2.09. The molecule has 0 saturated carbocycles. The Balaban J connectivity index is 1.48. The number of aromatic nitrogens is 1. The molecule has 0 fully saturated rings. The number of rotatable bonds is 5. The Hall–Kier alpha value is -2.16. The number of ether oxygens (including phenoxy) is 1. The molecule has 2 N–H and O–H groups in total. The Kier molecular flexibility index (Phi) is 5.29. The van der Waals surface area contributed by atoms with E-state index in [0.717, 1.165) is 36.0 Å². The molecule has 0 bridgehead atoms. The van der Waals surface area contributed by atoms with E-state index in [-0.39, 0.29) is 11.4 Å². The first-order valence-corrected chi connectivity index (χ1v) is 10.7. The number of nitrogens with zero attached hydrogens (tertiary/aromatic N) is 1. The smallest absolute Gasteiger partial charge is 0.219 e. The number of methoxy groups -OCH3 is 1. The maximum absolute atomic E-state index is 11.2. The number of benzene rings is 2. The van der Waals surface area contributed by atoms with Crippen LogP contribution in [0.5, 0.6) is 5.75 Å². The third-order valence-electron chi connectivity index (χ3n) is 3.88. The van der Waals surface area contributed by atoms with Crippen LogP contribution in [0.15, 0.2) is 62.8 Å². The first-order chi connectivity index (χ1) is 13.1. The van der Waals surface area contributed by atoms with E-state index in [2.05, 4.69) is 33.8 Å². The number of nitrogens with one attached hydrogen (secondary N) is 2. The van der Waals surface area contributed by atoms with Gasteiger partial charge in [0.25, 0.3) is 0 Å². The topological polar surface area (TPSA) is 63.2 Å². The Morgan fingerprint density at radius 3 is 2.81 bits per heavy atom. The van der Waals surface area contributed by atoms with Gasteiger partial charge in [0.15, 0.2) is 9.84 Å². The van der Waals surface area contributed by atoms with Crippen molar-refractivity contribution in [1.29, 1.82) is 0 Å². The standard InChI is InChI=1S/C19H17N3O2S3/c1-11(23)21-18-22-15-8-3-12(9-16(15)26-18)17-10-20-19(27-17)25-14-6-4-13(24-2)5-7-14/h3-10,18,22H,1-2H3,(H,21,23). The van der Waals surface area contributed by atoms with Gasteiger partial charge in [-0.2, -0.15) is 0 Å². The number of thioether (sulfide) groups is 1. The van der Waals surface area contributed by atoms with Gasteiger partial charge in [0.1, 0.15) is 5.75 Å². The van der Waals surface area contributed by atoms with E-state index in [9.17, 15) is 4.79 Å². The molecule has 27 heavy (non-hydrogen) atoms. The van der Waals surface area contributed by atoms with Gasteiger partial charge in [0, 0.05) is 22.9 Å².